The van der Waals surface area contributed by atoms with E-state index in [2.05, 4.69) is 22.2 Å². The minimum atomic E-state index is 0.345. The zero-order valence-electron chi connectivity index (χ0n) is 8.54. The zero-order valence-corrected chi connectivity index (χ0v) is 8.54. The summed E-state index contributed by atoms with van der Waals surface area (Å²) in [6.45, 7) is 4.12. The van der Waals surface area contributed by atoms with Gasteiger partial charge in [-0.2, -0.15) is 0 Å². The van der Waals surface area contributed by atoms with Crippen LogP contribution in [0.4, 0.5) is 0 Å². The molecular weight excluding hydrogens is 162 g/mol. The number of hydrogen-bond donors (Lipinski definition) is 1. The van der Waals surface area contributed by atoms with Gasteiger partial charge in [0.2, 0.25) is 0 Å². The predicted octanol–water partition coefficient (Wildman–Crippen LogP) is 1.85. The SMILES string of the molecule is CCCC(NC)c1cnc(C)cn1. The Balaban J connectivity index is 2.73. The molecule has 1 aromatic heterocycles. The van der Waals surface area contributed by atoms with Crippen LogP contribution < -0.4 is 5.32 Å². The molecule has 0 aromatic carbocycles. The maximum absolute atomic E-state index is 4.34. The van der Waals surface area contributed by atoms with Crippen molar-refractivity contribution < 1.29 is 0 Å². The van der Waals surface area contributed by atoms with Gasteiger partial charge in [-0.05, 0) is 20.4 Å². The Bertz CT molecular complexity index is 243. The van der Waals surface area contributed by atoms with Crippen molar-refractivity contribution in [2.75, 3.05) is 7.05 Å². The molecule has 1 atom stereocenters. The van der Waals surface area contributed by atoms with Crippen LogP contribution in [0.5, 0.6) is 0 Å². The van der Waals surface area contributed by atoms with E-state index in [9.17, 15) is 0 Å². The molecule has 72 valence electrons. The van der Waals surface area contributed by atoms with Crippen LogP contribution in [0, 0.1) is 6.92 Å². The molecule has 1 N–H and O–H groups in total. The molecule has 0 spiro atoms. The van der Waals surface area contributed by atoms with E-state index in [0.717, 1.165) is 24.2 Å². The molecule has 0 amide bonds. The van der Waals surface area contributed by atoms with Gasteiger partial charge in [0.25, 0.3) is 0 Å². The normalized spacial score (nSPS) is 12.8. The van der Waals surface area contributed by atoms with Crippen LogP contribution in [-0.4, -0.2) is 17.0 Å². The standard InChI is InChI=1S/C10H17N3/c1-4-5-9(11-3)10-7-12-8(2)6-13-10/h6-7,9,11H,4-5H2,1-3H3. The molecule has 0 bridgehead atoms. The van der Waals surface area contributed by atoms with E-state index >= 15 is 0 Å². The van der Waals surface area contributed by atoms with Gasteiger partial charge in [0.05, 0.1) is 23.6 Å². The smallest absolute Gasteiger partial charge is 0.0756 e. The number of hydrogen-bond acceptors (Lipinski definition) is 3. The van der Waals surface area contributed by atoms with E-state index in [0.29, 0.717) is 6.04 Å². The maximum Gasteiger partial charge on any atom is 0.0756 e. The summed E-state index contributed by atoms with van der Waals surface area (Å²) in [5, 5.41) is 3.24. The quantitative estimate of drug-likeness (QED) is 0.766. The molecule has 0 fully saturated rings. The van der Waals surface area contributed by atoms with E-state index in [-0.39, 0.29) is 0 Å². The summed E-state index contributed by atoms with van der Waals surface area (Å²) >= 11 is 0. The molecule has 1 unspecified atom stereocenters. The molecule has 0 aliphatic rings. The van der Waals surface area contributed by atoms with E-state index in [1.165, 1.54) is 0 Å². The van der Waals surface area contributed by atoms with Crippen LogP contribution in [0.1, 0.15) is 37.2 Å². The van der Waals surface area contributed by atoms with Gasteiger partial charge in [-0.3, -0.25) is 9.97 Å². The molecule has 13 heavy (non-hydrogen) atoms. The van der Waals surface area contributed by atoms with Gasteiger partial charge in [-0.1, -0.05) is 13.3 Å². The fourth-order valence-corrected chi connectivity index (χ4v) is 1.31. The first-order valence-electron chi connectivity index (χ1n) is 4.73. The lowest BCUT2D eigenvalue weighted by Crippen LogP contribution is -2.17. The second-order valence-electron chi connectivity index (χ2n) is 3.21. The first-order valence-corrected chi connectivity index (χ1v) is 4.73. The Morgan fingerprint density at radius 2 is 2.15 bits per heavy atom. The van der Waals surface area contributed by atoms with Gasteiger partial charge >= 0.3 is 0 Å². The second-order valence-corrected chi connectivity index (χ2v) is 3.21. The van der Waals surface area contributed by atoms with E-state index in [1.807, 2.05) is 26.4 Å². The summed E-state index contributed by atoms with van der Waals surface area (Å²) in [6.07, 6.45) is 5.93. The number of nitrogens with one attached hydrogen (secondary N) is 1. The van der Waals surface area contributed by atoms with E-state index < -0.39 is 0 Å². The van der Waals surface area contributed by atoms with Crippen LogP contribution in [-0.2, 0) is 0 Å². The third-order valence-electron chi connectivity index (χ3n) is 2.08. The minimum absolute atomic E-state index is 0.345. The third kappa shape index (κ3) is 2.77. The van der Waals surface area contributed by atoms with Crippen molar-refractivity contribution in [1.29, 1.82) is 0 Å². The lowest BCUT2D eigenvalue weighted by molar-refractivity contribution is 0.526. The molecule has 1 heterocycles. The molecular formula is C10H17N3. The van der Waals surface area contributed by atoms with Crippen LogP contribution in [0.3, 0.4) is 0 Å². The molecule has 0 saturated heterocycles. The van der Waals surface area contributed by atoms with Crippen molar-refractivity contribution in [3.05, 3.63) is 23.8 Å². The van der Waals surface area contributed by atoms with Gasteiger partial charge in [0, 0.05) is 6.20 Å². The summed E-state index contributed by atoms with van der Waals surface area (Å²) in [5.74, 6) is 0. The molecule has 3 heteroatoms. The van der Waals surface area contributed by atoms with Gasteiger partial charge in [0.1, 0.15) is 0 Å². The summed E-state index contributed by atoms with van der Waals surface area (Å²) in [6, 6.07) is 0.345. The van der Waals surface area contributed by atoms with Crippen molar-refractivity contribution in [3.63, 3.8) is 0 Å². The van der Waals surface area contributed by atoms with Gasteiger partial charge in [-0.25, -0.2) is 0 Å². The fourth-order valence-electron chi connectivity index (χ4n) is 1.31. The van der Waals surface area contributed by atoms with Crippen LogP contribution in [0.15, 0.2) is 12.4 Å². The zero-order chi connectivity index (χ0) is 9.68. The van der Waals surface area contributed by atoms with Gasteiger partial charge in [-0.15, -0.1) is 0 Å². The molecule has 0 radical (unpaired) electrons. The number of rotatable bonds is 4. The number of aryl methyl sites for hydroxylation is 1. The van der Waals surface area contributed by atoms with Crippen LogP contribution in [0.25, 0.3) is 0 Å². The monoisotopic (exact) mass is 179 g/mol. The topological polar surface area (TPSA) is 37.8 Å². The Labute approximate surface area is 79.6 Å². The van der Waals surface area contributed by atoms with Crippen LogP contribution >= 0.6 is 0 Å². The van der Waals surface area contributed by atoms with E-state index in [4.69, 9.17) is 0 Å². The highest BCUT2D eigenvalue weighted by Crippen LogP contribution is 2.14. The van der Waals surface area contributed by atoms with Crippen molar-refractivity contribution in [2.45, 2.75) is 32.7 Å². The van der Waals surface area contributed by atoms with Crippen LogP contribution in [0.2, 0.25) is 0 Å². The van der Waals surface area contributed by atoms with Crippen molar-refractivity contribution in [3.8, 4) is 0 Å². The minimum Gasteiger partial charge on any atom is -0.312 e. The average molecular weight is 179 g/mol. The summed E-state index contributed by atoms with van der Waals surface area (Å²) in [4.78, 5) is 8.57. The highest BCUT2D eigenvalue weighted by atomic mass is 14.9. The lowest BCUT2D eigenvalue weighted by Gasteiger charge is -2.13. The highest BCUT2D eigenvalue weighted by Gasteiger charge is 2.08. The molecule has 0 saturated carbocycles. The first kappa shape index (κ1) is 10.1. The lowest BCUT2D eigenvalue weighted by atomic mass is 10.1. The molecule has 3 nitrogen and oxygen atoms in total. The van der Waals surface area contributed by atoms with Crippen molar-refractivity contribution in [2.24, 2.45) is 0 Å². The third-order valence-corrected chi connectivity index (χ3v) is 2.08. The Morgan fingerprint density at radius 3 is 2.62 bits per heavy atom. The Hall–Kier alpha value is -0.960. The summed E-state index contributed by atoms with van der Waals surface area (Å²) < 4.78 is 0. The summed E-state index contributed by atoms with van der Waals surface area (Å²) in [5.41, 5.74) is 2.00. The number of nitrogens with zero attached hydrogens (tertiary/aromatic N) is 2. The van der Waals surface area contributed by atoms with Crippen molar-refractivity contribution in [1.82, 2.24) is 15.3 Å². The Morgan fingerprint density at radius 1 is 1.38 bits per heavy atom. The number of aromatic nitrogens is 2. The maximum atomic E-state index is 4.34. The van der Waals surface area contributed by atoms with E-state index in [1.54, 1.807) is 0 Å². The fraction of sp³-hybridized carbons (Fsp3) is 0.600. The highest BCUT2D eigenvalue weighted by molar-refractivity contribution is 5.05. The average Bonchev–Trinajstić information content (AvgIpc) is 2.16. The Kier molecular flexibility index (Phi) is 3.83. The largest absolute Gasteiger partial charge is 0.312 e. The van der Waals surface area contributed by atoms with Gasteiger partial charge in [0.15, 0.2) is 0 Å². The van der Waals surface area contributed by atoms with Gasteiger partial charge < -0.3 is 5.32 Å². The second kappa shape index (κ2) is 4.92. The predicted molar refractivity (Wildman–Crippen MR) is 53.5 cm³/mol. The molecule has 0 aliphatic carbocycles. The summed E-state index contributed by atoms with van der Waals surface area (Å²) in [7, 11) is 1.96. The molecule has 0 aliphatic heterocycles. The van der Waals surface area contributed by atoms with Crippen molar-refractivity contribution >= 4 is 0 Å². The molecule has 1 rings (SSSR count). The first-order chi connectivity index (χ1) is 6.27. The molecule has 1 aromatic rings.